The van der Waals surface area contributed by atoms with E-state index in [0.717, 1.165) is 5.25 Å². The van der Waals surface area contributed by atoms with Gasteiger partial charge in [0.15, 0.2) is 0 Å². The monoisotopic (exact) mass is 278 g/mol. The van der Waals surface area contributed by atoms with Gasteiger partial charge in [-0.1, -0.05) is 37.8 Å². The third-order valence-electron chi connectivity index (χ3n) is 4.41. The number of rotatable bonds is 3. The number of thioether (sulfide) groups is 1. The second-order valence-electron chi connectivity index (χ2n) is 5.79. The van der Waals surface area contributed by atoms with Gasteiger partial charge in [-0.3, -0.25) is 0 Å². The standard InChI is InChI=1S/C16H22S2/c17-16(10-3-4-11-16)13-6-5-9-15(12-13)18-14-7-1-2-8-14/h5-6,9,12,14,17H,1-4,7-8,10-11H2. The van der Waals surface area contributed by atoms with E-state index in [-0.39, 0.29) is 4.75 Å². The minimum atomic E-state index is 0.159. The van der Waals surface area contributed by atoms with Gasteiger partial charge in [-0.25, -0.2) is 0 Å². The highest BCUT2D eigenvalue weighted by Gasteiger charge is 2.31. The van der Waals surface area contributed by atoms with E-state index in [0.29, 0.717) is 0 Å². The first-order valence-corrected chi connectivity index (χ1v) is 8.59. The molecule has 2 aliphatic carbocycles. The summed E-state index contributed by atoms with van der Waals surface area (Å²) in [5, 5.41) is 0.861. The van der Waals surface area contributed by atoms with Gasteiger partial charge in [0, 0.05) is 14.9 Å². The quantitative estimate of drug-likeness (QED) is 0.720. The van der Waals surface area contributed by atoms with Crippen LogP contribution >= 0.6 is 24.4 Å². The van der Waals surface area contributed by atoms with Crippen LogP contribution in [0.25, 0.3) is 0 Å². The van der Waals surface area contributed by atoms with Crippen LogP contribution in [-0.4, -0.2) is 5.25 Å². The lowest BCUT2D eigenvalue weighted by atomic mass is 9.97. The van der Waals surface area contributed by atoms with E-state index < -0.39 is 0 Å². The zero-order valence-corrected chi connectivity index (χ0v) is 12.6. The van der Waals surface area contributed by atoms with Crippen molar-refractivity contribution in [2.24, 2.45) is 0 Å². The van der Waals surface area contributed by atoms with Crippen molar-refractivity contribution >= 4 is 24.4 Å². The average molecular weight is 278 g/mol. The van der Waals surface area contributed by atoms with Crippen LogP contribution in [-0.2, 0) is 4.75 Å². The van der Waals surface area contributed by atoms with Gasteiger partial charge in [-0.05, 0) is 43.4 Å². The Morgan fingerprint density at radius 2 is 1.78 bits per heavy atom. The molecule has 18 heavy (non-hydrogen) atoms. The molecular formula is C16H22S2. The molecule has 1 aromatic rings. The molecule has 0 saturated heterocycles. The first kappa shape index (κ1) is 12.9. The zero-order valence-electron chi connectivity index (χ0n) is 10.9. The van der Waals surface area contributed by atoms with Gasteiger partial charge in [0.05, 0.1) is 0 Å². The molecule has 0 atom stereocenters. The molecule has 2 aliphatic rings. The Bertz CT molecular complexity index is 401. The van der Waals surface area contributed by atoms with E-state index in [1.807, 2.05) is 0 Å². The summed E-state index contributed by atoms with van der Waals surface area (Å²) in [5.41, 5.74) is 1.45. The van der Waals surface area contributed by atoms with Gasteiger partial charge in [-0.15, -0.1) is 11.8 Å². The van der Waals surface area contributed by atoms with Crippen molar-refractivity contribution in [3.05, 3.63) is 29.8 Å². The summed E-state index contributed by atoms with van der Waals surface area (Å²) >= 11 is 7.05. The Balaban J connectivity index is 1.76. The highest BCUT2D eigenvalue weighted by atomic mass is 32.2. The molecule has 0 radical (unpaired) electrons. The molecule has 2 heteroatoms. The van der Waals surface area contributed by atoms with Crippen LogP contribution in [0.15, 0.2) is 29.2 Å². The zero-order chi connectivity index (χ0) is 12.4. The summed E-state index contributed by atoms with van der Waals surface area (Å²) in [4.78, 5) is 1.46. The van der Waals surface area contributed by atoms with Crippen LogP contribution in [0.3, 0.4) is 0 Å². The van der Waals surface area contributed by atoms with Crippen molar-refractivity contribution in [1.82, 2.24) is 0 Å². The Hall–Kier alpha value is -0.0800. The van der Waals surface area contributed by atoms with Crippen LogP contribution in [0.5, 0.6) is 0 Å². The average Bonchev–Trinajstić information content (AvgIpc) is 3.02. The van der Waals surface area contributed by atoms with Crippen molar-refractivity contribution in [1.29, 1.82) is 0 Å². The first-order valence-electron chi connectivity index (χ1n) is 7.26. The third-order valence-corrected chi connectivity index (χ3v) is 6.44. The summed E-state index contributed by atoms with van der Waals surface area (Å²) in [6, 6.07) is 9.18. The lowest BCUT2D eigenvalue weighted by molar-refractivity contribution is 0.656. The van der Waals surface area contributed by atoms with Gasteiger partial charge in [-0.2, -0.15) is 12.6 Å². The molecule has 0 spiro atoms. The van der Waals surface area contributed by atoms with Gasteiger partial charge >= 0.3 is 0 Å². The molecular weight excluding hydrogens is 256 g/mol. The molecule has 0 amide bonds. The van der Waals surface area contributed by atoms with E-state index in [4.69, 9.17) is 12.6 Å². The van der Waals surface area contributed by atoms with Crippen molar-refractivity contribution in [3.63, 3.8) is 0 Å². The van der Waals surface area contributed by atoms with E-state index >= 15 is 0 Å². The summed E-state index contributed by atoms with van der Waals surface area (Å²) < 4.78 is 0.159. The van der Waals surface area contributed by atoms with E-state index in [2.05, 4.69) is 36.0 Å². The Kier molecular flexibility index (Phi) is 3.95. The summed E-state index contributed by atoms with van der Waals surface area (Å²) in [6.45, 7) is 0. The molecule has 0 aliphatic heterocycles. The molecule has 0 nitrogen and oxygen atoms in total. The lowest BCUT2D eigenvalue weighted by Crippen LogP contribution is -2.13. The fraction of sp³-hybridized carbons (Fsp3) is 0.625. The first-order chi connectivity index (χ1) is 8.76. The Morgan fingerprint density at radius 3 is 2.50 bits per heavy atom. The molecule has 0 unspecified atom stereocenters. The molecule has 0 bridgehead atoms. The Labute approximate surface area is 120 Å². The maximum atomic E-state index is 4.96. The summed E-state index contributed by atoms with van der Waals surface area (Å²) in [6.07, 6.45) is 10.8. The SMILES string of the molecule is SC1(c2cccc(SC3CCCC3)c2)CCCC1. The van der Waals surface area contributed by atoms with Crippen molar-refractivity contribution in [3.8, 4) is 0 Å². The number of thiol groups is 1. The van der Waals surface area contributed by atoms with Crippen LogP contribution in [0, 0.1) is 0 Å². The minimum Gasteiger partial charge on any atom is -0.168 e. The second-order valence-corrected chi connectivity index (χ2v) is 8.02. The van der Waals surface area contributed by atoms with E-state index in [1.165, 1.54) is 61.8 Å². The molecule has 0 heterocycles. The Morgan fingerprint density at radius 1 is 1.06 bits per heavy atom. The highest BCUT2D eigenvalue weighted by Crippen LogP contribution is 2.45. The fourth-order valence-electron chi connectivity index (χ4n) is 3.31. The highest BCUT2D eigenvalue weighted by molar-refractivity contribution is 8.00. The topological polar surface area (TPSA) is 0 Å². The van der Waals surface area contributed by atoms with Gasteiger partial charge in [0.1, 0.15) is 0 Å². The van der Waals surface area contributed by atoms with Crippen LogP contribution in [0.2, 0.25) is 0 Å². The van der Waals surface area contributed by atoms with Crippen LogP contribution < -0.4 is 0 Å². The largest absolute Gasteiger partial charge is 0.168 e. The molecule has 1 aromatic carbocycles. The number of hydrogen-bond acceptors (Lipinski definition) is 2. The lowest BCUT2D eigenvalue weighted by Gasteiger charge is -2.23. The maximum absolute atomic E-state index is 4.96. The predicted molar refractivity (Wildman–Crippen MR) is 83.7 cm³/mol. The normalized spacial score (nSPS) is 23.6. The van der Waals surface area contributed by atoms with Crippen LogP contribution in [0.4, 0.5) is 0 Å². The second kappa shape index (κ2) is 5.50. The molecule has 0 aromatic heterocycles. The smallest absolute Gasteiger partial charge is 0.0378 e. The molecule has 98 valence electrons. The van der Waals surface area contributed by atoms with Gasteiger partial charge < -0.3 is 0 Å². The molecule has 0 N–H and O–H groups in total. The summed E-state index contributed by atoms with van der Waals surface area (Å²) in [7, 11) is 0. The number of hydrogen-bond donors (Lipinski definition) is 1. The van der Waals surface area contributed by atoms with Crippen molar-refractivity contribution < 1.29 is 0 Å². The van der Waals surface area contributed by atoms with E-state index in [9.17, 15) is 0 Å². The van der Waals surface area contributed by atoms with Crippen LogP contribution in [0.1, 0.15) is 56.9 Å². The maximum Gasteiger partial charge on any atom is 0.0378 e. The molecule has 2 saturated carbocycles. The van der Waals surface area contributed by atoms with E-state index in [1.54, 1.807) is 0 Å². The van der Waals surface area contributed by atoms with Crippen molar-refractivity contribution in [2.45, 2.75) is 66.3 Å². The predicted octanol–water partition coefficient (Wildman–Crippen LogP) is 5.42. The number of benzene rings is 1. The summed E-state index contributed by atoms with van der Waals surface area (Å²) in [5.74, 6) is 0. The fourth-order valence-corrected chi connectivity index (χ4v) is 5.07. The minimum absolute atomic E-state index is 0.159. The van der Waals surface area contributed by atoms with Gasteiger partial charge in [0.25, 0.3) is 0 Å². The van der Waals surface area contributed by atoms with Crippen molar-refractivity contribution in [2.75, 3.05) is 0 Å². The third kappa shape index (κ3) is 2.75. The molecule has 3 rings (SSSR count). The molecule has 2 fully saturated rings. The van der Waals surface area contributed by atoms with Gasteiger partial charge in [0.2, 0.25) is 0 Å².